The zero-order chi connectivity index (χ0) is 39.9. The summed E-state index contributed by atoms with van der Waals surface area (Å²) in [7, 11) is 1.16. The number of methoxy groups -OCH3 is 1. The third-order valence-electron chi connectivity index (χ3n) is 7.93. The second-order valence-corrected chi connectivity index (χ2v) is 13.7. The van der Waals surface area contributed by atoms with Gasteiger partial charge in [0.2, 0.25) is 11.8 Å². The fourth-order valence-corrected chi connectivity index (χ4v) is 6.97. The molecular formula is C37H46N2O14S. The molecule has 5 atom stereocenters. The van der Waals surface area contributed by atoms with E-state index in [0.29, 0.717) is 30.4 Å². The second kappa shape index (κ2) is 20.8. The predicted molar refractivity (Wildman–Crippen MR) is 192 cm³/mol. The van der Waals surface area contributed by atoms with Gasteiger partial charge in [0, 0.05) is 65.1 Å². The Kier molecular flexibility index (Phi) is 16.6. The summed E-state index contributed by atoms with van der Waals surface area (Å²) in [5.74, 6) is -3.18. The Labute approximate surface area is 317 Å². The van der Waals surface area contributed by atoms with Gasteiger partial charge in [-0.1, -0.05) is 24.3 Å². The molecule has 2 amide bonds. The first-order chi connectivity index (χ1) is 25.6. The number of esters is 4. The maximum atomic E-state index is 12.4. The Bertz CT molecular complexity index is 1680. The summed E-state index contributed by atoms with van der Waals surface area (Å²) in [4.78, 5) is 83.8. The molecule has 0 spiro atoms. The number of benzene rings is 2. The lowest BCUT2D eigenvalue weighted by Crippen LogP contribution is -2.59. The largest absolute Gasteiger partial charge is 0.513 e. The van der Waals surface area contributed by atoms with E-state index in [4.69, 9.17) is 34.2 Å². The molecule has 54 heavy (non-hydrogen) atoms. The van der Waals surface area contributed by atoms with Crippen LogP contribution in [0.25, 0.3) is 0 Å². The molecule has 0 bridgehead atoms. The summed E-state index contributed by atoms with van der Waals surface area (Å²) in [6.07, 6.45) is -2.94. The van der Waals surface area contributed by atoms with Crippen molar-refractivity contribution in [2.45, 2.75) is 95.7 Å². The summed E-state index contributed by atoms with van der Waals surface area (Å²) >= 11 is 1.03. The normalized spacial score (nSPS) is 19.0. The predicted octanol–water partition coefficient (Wildman–Crippen LogP) is 3.22. The van der Waals surface area contributed by atoms with Crippen LogP contribution >= 0.6 is 11.8 Å². The molecule has 1 aliphatic heterocycles. The average Bonchev–Trinajstić information content (AvgIpc) is 3.08. The molecule has 1 saturated heterocycles. The first-order valence-electron chi connectivity index (χ1n) is 17.1. The van der Waals surface area contributed by atoms with E-state index < -0.39 is 64.9 Å². The van der Waals surface area contributed by atoms with E-state index in [2.05, 4.69) is 10.1 Å². The van der Waals surface area contributed by atoms with Crippen LogP contribution in [0.5, 0.6) is 11.5 Å². The van der Waals surface area contributed by atoms with E-state index in [1.54, 1.807) is 13.0 Å². The van der Waals surface area contributed by atoms with Crippen molar-refractivity contribution in [3.05, 3.63) is 58.7 Å². The minimum atomic E-state index is -1.37. The van der Waals surface area contributed by atoms with Crippen LogP contribution < -0.4 is 20.5 Å². The molecule has 0 aromatic heterocycles. The van der Waals surface area contributed by atoms with Crippen molar-refractivity contribution in [1.29, 1.82) is 0 Å². The van der Waals surface area contributed by atoms with Crippen molar-refractivity contribution in [1.82, 2.24) is 5.32 Å². The molecule has 1 heterocycles. The summed E-state index contributed by atoms with van der Waals surface area (Å²) in [5.41, 5.74) is 7.18. The van der Waals surface area contributed by atoms with Gasteiger partial charge in [-0.05, 0) is 42.5 Å². The van der Waals surface area contributed by atoms with E-state index in [-0.39, 0.29) is 43.4 Å². The molecule has 0 aliphatic carbocycles. The lowest BCUT2D eigenvalue weighted by Gasteiger charge is -2.43. The number of hydrogen-bond donors (Lipinski definition) is 2. The third kappa shape index (κ3) is 13.9. The van der Waals surface area contributed by atoms with E-state index in [0.717, 1.165) is 50.8 Å². The van der Waals surface area contributed by atoms with E-state index >= 15 is 0 Å². The van der Waals surface area contributed by atoms with Crippen LogP contribution in [0.1, 0.15) is 69.2 Å². The van der Waals surface area contributed by atoms with Crippen LogP contribution in [-0.4, -0.2) is 91.1 Å². The van der Waals surface area contributed by atoms with Gasteiger partial charge in [0.05, 0.1) is 12.4 Å². The molecule has 1 fully saturated rings. The Morgan fingerprint density at radius 2 is 1.41 bits per heavy atom. The topological polar surface area (TPSA) is 222 Å². The average molecular weight is 775 g/mol. The van der Waals surface area contributed by atoms with Crippen molar-refractivity contribution >= 4 is 53.6 Å². The first kappa shape index (κ1) is 43.1. The smallest absolute Gasteiger partial charge is 0.475 e. The number of aryl methyl sites for hydroxylation is 2. The quantitative estimate of drug-likeness (QED) is 0.134. The van der Waals surface area contributed by atoms with Gasteiger partial charge in [0.15, 0.2) is 23.7 Å². The molecule has 17 heteroatoms. The van der Waals surface area contributed by atoms with Gasteiger partial charge in [-0.25, -0.2) is 4.79 Å². The van der Waals surface area contributed by atoms with E-state index in [1.807, 2.05) is 24.3 Å². The minimum absolute atomic E-state index is 0.0781. The monoisotopic (exact) mass is 774 g/mol. The number of primary amides is 1. The minimum Gasteiger partial charge on any atom is -0.475 e. The fraction of sp³-hybridized carbons (Fsp3) is 0.486. The van der Waals surface area contributed by atoms with Crippen LogP contribution in [-0.2, 0) is 65.3 Å². The van der Waals surface area contributed by atoms with Crippen molar-refractivity contribution in [3.8, 4) is 11.5 Å². The Morgan fingerprint density at radius 1 is 0.796 bits per heavy atom. The maximum absolute atomic E-state index is 12.4. The molecule has 3 N–H and O–H groups in total. The Balaban J connectivity index is 1.96. The van der Waals surface area contributed by atoms with Gasteiger partial charge in [0.1, 0.15) is 18.1 Å². The maximum Gasteiger partial charge on any atom is 0.513 e. The molecule has 2 aromatic carbocycles. The highest BCUT2D eigenvalue weighted by Crippen LogP contribution is 2.41. The molecule has 0 radical (unpaired) electrons. The van der Waals surface area contributed by atoms with Crippen molar-refractivity contribution < 1.29 is 66.7 Å². The molecule has 0 unspecified atom stereocenters. The van der Waals surface area contributed by atoms with Crippen molar-refractivity contribution in [3.63, 3.8) is 0 Å². The van der Waals surface area contributed by atoms with Gasteiger partial charge < -0.3 is 44.2 Å². The van der Waals surface area contributed by atoms with Crippen molar-refractivity contribution in [2.24, 2.45) is 5.73 Å². The fourth-order valence-electron chi connectivity index (χ4n) is 5.58. The summed E-state index contributed by atoms with van der Waals surface area (Å²) in [6, 6.07) is 10.8. The van der Waals surface area contributed by atoms with Crippen LogP contribution in [0.2, 0.25) is 0 Å². The second-order valence-electron chi connectivity index (χ2n) is 12.4. The van der Waals surface area contributed by atoms with Crippen molar-refractivity contribution in [2.75, 3.05) is 20.3 Å². The molecular weight excluding hydrogens is 728 g/mol. The Morgan fingerprint density at radius 3 is 2.00 bits per heavy atom. The highest BCUT2D eigenvalue weighted by atomic mass is 32.2. The molecule has 294 valence electrons. The van der Waals surface area contributed by atoms with Crippen LogP contribution in [0, 0.1) is 6.92 Å². The number of ether oxygens (including phenoxy) is 7. The van der Waals surface area contributed by atoms with Crippen LogP contribution in [0.4, 0.5) is 4.79 Å². The molecule has 2 aromatic rings. The third-order valence-corrected chi connectivity index (χ3v) is 9.32. The van der Waals surface area contributed by atoms with Gasteiger partial charge in [-0.3, -0.25) is 28.8 Å². The van der Waals surface area contributed by atoms with Gasteiger partial charge in [-0.2, -0.15) is 0 Å². The number of hydrogen-bond acceptors (Lipinski definition) is 15. The summed E-state index contributed by atoms with van der Waals surface area (Å²) in [6.45, 7) is 6.37. The molecule has 3 rings (SSSR count). The van der Waals surface area contributed by atoms with E-state index in [1.165, 1.54) is 13.0 Å². The number of thioether (sulfide) groups is 1. The lowest BCUT2D eigenvalue weighted by molar-refractivity contribution is -0.190. The summed E-state index contributed by atoms with van der Waals surface area (Å²) < 4.78 is 38.6. The highest BCUT2D eigenvalue weighted by molar-refractivity contribution is 8.00. The summed E-state index contributed by atoms with van der Waals surface area (Å²) in [5, 5.41) is 1.82. The molecule has 0 saturated carbocycles. The SMILES string of the molecule is COC(=O)Oc1cc(C)c(Cc2ccc(CCCC(=O)NCCC(N)=O)cc2)c(O[C@@H]2S[C@H](COC(C)=O)[C@@H](OC(C)=O)[C@H](OC(C)=O)[C@H]2OC(C)=O)c1. The zero-order valence-corrected chi connectivity index (χ0v) is 31.8. The number of nitrogens with one attached hydrogen (secondary N) is 1. The number of carbonyl (C=O) groups is 7. The number of rotatable bonds is 17. The van der Waals surface area contributed by atoms with Gasteiger partial charge in [0.25, 0.3) is 0 Å². The van der Waals surface area contributed by atoms with Gasteiger partial charge in [-0.15, -0.1) is 11.8 Å². The standard InChI is InChI=1S/C37H46N2O14S/c1-20-16-27(52-37(46)47-6)18-29(28(20)17-26-12-10-25(11-13-26)8-7-9-32(45)39-15-14-31(38)44)53-36-35(51-24(5)43)34(50-23(4)42)33(49-22(3)41)30(54-36)19-48-21(2)40/h10-13,16,18,30,33-36H,7-9,14-15,17,19H2,1-6H3,(H2,38,44)(H,39,45)/t30-,33-,34+,35-,36-/m1/s1. The van der Waals surface area contributed by atoms with Crippen LogP contribution in [0.15, 0.2) is 36.4 Å². The van der Waals surface area contributed by atoms with Gasteiger partial charge >= 0.3 is 30.0 Å². The Hall–Kier alpha value is -5.32. The lowest BCUT2D eigenvalue weighted by atomic mass is 9.97. The van der Waals surface area contributed by atoms with Crippen LogP contribution in [0.3, 0.4) is 0 Å². The number of nitrogens with two attached hydrogens (primary N) is 1. The number of amides is 2. The molecule has 1 aliphatic rings. The first-order valence-corrected chi connectivity index (χ1v) is 18.0. The number of carbonyl (C=O) groups excluding carboxylic acids is 7. The van der Waals surface area contributed by atoms with E-state index in [9.17, 15) is 33.6 Å². The zero-order valence-electron chi connectivity index (χ0n) is 31.0. The highest BCUT2D eigenvalue weighted by Gasteiger charge is 2.53. The molecule has 16 nitrogen and oxygen atoms in total.